The molecule has 0 bridgehead atoms. The van der Waals surface area contributed by atoms with Crippen molar-refractivity contribution >= 4 is 0 Å². The van der Waals surface area contributed by atoms with E-state index >= 15 is 0 Å². The molecule has 1 atom stereocenters. The minimum Gasteiger partial charge on any atom is -0.376 e. The van der Waals surface area contributed by atoms with Crippen LogP contribution in [0.1, 0.15) is 58.3 Å². The van der Waals surface area contributed by atoms with Crippen molar-refractivity contribution in [1.82, 2.24) is 10.2 Å². The number of rotatable bonds is 6. The van der Waals surface area contributed by atoms with Crippen molar-refractivity contribution in [3.8, 4) is 0 Å². The summed E-state index contributed by atoms with van der Waals surface area (Å²) in [6, 6.07) is 0.849. The minimum atomic E-state index is 0.473. The summed E-state index contributed by atoms with van der Waals surface area (Å²) in [5.41, 5.74) is 0.552. The molecule has 20 heavy (non-hydrogen) atoms. The standard InChI is InChI=1S/C17H32N2O/c1-2-16-12-19(10-11-20-16)14-17(8-4-3-5-9-17)13-18-15-6-7-15/h15-16,18H,2-14H2,1H3. The number of hydrogen-bond acceptors (Lipinski definition) is 3. The average molecular weight is 280 g/mol. The summed E-state index contributed by atoms with van der Waals surface area (Å²) in [6.07, 6.45) is 11.6. The summed E-state index contributed by atoms with van der Waals surface area (Å²) >= 11 is 0. The van der Waals surface area contributed by atoms with E-state index in [9.17, 15) is 0 Å². The molecule has 0 aromatic heterocycles. The van der Waals surface area contributed by atoms with Gasteiger partial charge in [0.15, 0.2) is 0 Å². The Bertz CT molecular complexity index is 297. The van der Waals surface area contributed by atoms with Gasteiger partial charge in [-0.2, -0.15) is 0 Å². The van der Waals surface area contributed by atoms with Crippen molar-refractivity contribution in [2.24, 2.45) is 5.41 Å². The molecule has 1 heterocycles. The van der Waals surface area contributed by atoms with Crippen LogP contribution in [0.15, 0.2) is 0 Å². The smallest absolute Gasteiger partial charge is 0.0700 e. The normalized spacial score (nSPS) is 31.4. The van der Waals surface area contributed by atoms with E-state index in [2.05, 4.69) is 17.1 Å². The molecule has 0 spiro atoms. The second-order valence-corrected chi connectivity index (χ2v) is 7.35. The Hall–Kier alpha value is -0.120. The molecule has 1 unspecified atom stereocenters. The van der Waals surface area contributed by atoms with Crippen LogP contribution in [0.4, 0.5) is 0 Å². The highest BCUT2D eigenvalue weighted by atomic mass is 16.5. The molecule has 3 aliphatic rings. The van der Waals surface area contributed by atoms with Gasteiger partial charge in [0, 0.05) is 32.2 Å². The highest BCUT2D eigenvalue weighted by Crippen LogP contribution is 2.37. The van der Waals surface area contributed by atoms with Crippen molar-refractivity contribution < 1.29 is 4.74 Å². The first-order valence-corrected chi connectivity index (χ1v) is 8.87. The molecule has 3 nitrogen and oxygen atoms in total. The second-order valence-electron chi connectivity index (χ2n) is 7.35. The number of ether oxygens (including phenoxy) is 1. The maximum absolute atomic E-state index is 5.83. The fourth-order valence-electron chi connectivity index (χ4n) is 3.99. The Balaban J connectivity index is 1.56. The van der Waals surface area contributed by atoms with E-state index in [0.29, 0.717) is 11.5 Å². The van der Waals surface area contributed by atoms with E-state index < -0.39 is 0 Å². The number of nitrogens with zero attached hydrogens (tertiary/aromatic N) is 1. The summed E-state index contributed by atoms with van der Waals surface area (Å²) in [5, 5.41) is 3.82. The molecule has 0 aromatic carbocycles. The zero-order chi connectivity index (χ0) is 13.8. The minimum absolute atomic E-state index is 0.473. The van der Waals surface area contributed by atoms with Gasteiger partial charge in [-0.3, -0.25) is 4.90 Å². The van der Waals surface area contributed by atoms with E-state index in [1.54, 1.807) is 0 Å². The van der Waals surface area contributed by atoms with Gasteiger partial charge < -0.3 is 10.1 Å². The van der Waals surface area contributed by atoms with Crippen LogP contribution >= 0.6 is 0 Å². The van der Waals surface area contributed by atoms with Crippen molar-refractivity contribution in [2.45, 2.75) is 70.4 Å². The van der Waals surface area contributed by atoms with E-state index in [1.807, 2.05) is 0 Å². The zero-order valence-electron chi connectivity index (χ0n) is 13.2. The predicted octanol–water partition coefficient (Wildman–Crippen LogP) is 2.80. The molecule has 2 saturated carbocycles. The van der Waals surface area contributed by atoms with Crippen LogP contribution in [0.25, 0.3) is 0 Å². The molecule has 1 aliphatic heterocycles. The van der Waals surface area contributed by atoms with Crippen LogP contribution in [0.2, 0.25) is 0 Å². The Morgan fingerprint density at radius 2 is 2.00 bits per heavy atom. The lowest BCUT2D eigenvalue weighted by Crippen LogP contribution is -2.50. The Morgan fingerprint density at radius 3 is 2.70 bits per heavy atom. The maximum atomic E-state index is 5.83. The lowest BCUT2D eigenvalue weighted by Gasteiger charge is -2.43. The number of morpholine rings is 1. The van der Waals surface area contributed by atoms with Gasteiger partial charge in [-0.1, -0.05) is 26.2 Å². The first-order valence-electron chi connectivity index (χ1n) is 8.87. The van der Waals surface area contributed by atoms with Gasteiger partial charge in [0.25, 0.3) is 0 Å². The molecule has 2 aliphatic carbocycles. The number of nitrogens with one attached hydrogen (secondary N) is 1. The third-order valence-electron chi connectivity index (χ3n) is 5.49. The predicted molar refractivity (Wildman–Crippen MR) is 83.0 cm³/mol. The van der Waals surface area contributed by atoms with Crippen molar-refractivity contribution in [3.63, 3.8) is 0 Å². The Labute approximate surface area is 124 Å². The molecule has 3 heteroatoms. The van der Waals surface area contributed by atoms with Gasteiger partial charge >= 0.3 is 0 Å². The van der Waals surface area contributed by atoms with E-state index in [0.717, 1.165) is 32.2 Å². The van der Waals surface area contributed by atoms with Crippen molar-refractivity contribution in [1.29, 1.82) is 0 Å². The molecule has 0 radical (unpaired) electrons. The van der Waals surface area contributed by atoms with Crippen LogP contribution in [0, 0.1) is 5.41 Å². The van der Waals surface area contributed by atoms with Gasteiger partial charge in [0.2, 0.25) is 0 Å². The van der Waals surface area contributed by atoms with Crippen LogP contribution in [-0.2, 0) is 4.74 Å². The zero-order valence-corrected chi connectivity index (χ0v) is 13.2. The first kappa shape index (κ1) is 14.8. The van der Waals surface area contributed by atoms with Crippen LogP contribution in [0.5, 0.6) is 0 Å². The molecular formula is C17H32N2O. The quantitative estimate of drug-likeness (QED) is 0.810. The molecule has 116 valence electrons. The lowest BCUT2D eigenvalue weighted by molar-refractivity contribution is -0.0464. The highest BCUT2D eigenvalue weighted by Gasteiger charge is 2.36. The van der Waals surface area contributed by atoms with E-state index in [4.69, 9.17) is 4.74 Å². The molecule has 3 fully saturated rings. The largest absolute Gasteiger partial charge is 0.376 e. The maximum Gasteiger partial charge on any atom is 0.0700 e. The lowest BCUT2D eigenvalue weighted by atomic mass is 9.73. The van der Waals surface area contributed by atoms with Crippen LogP contribution in [0.3, 0.4) is 0 Å². The summed E-state index contributed by atoms with van der Waals surface area (Å²) in [5.74, 6) is 0. The van der Waals surface area contributed by atoms with Gasteiger partial charge in [0.05, 0.1) is 12.7 Å². The van der Waals surface area contributed by atoms with Gasteiger partial charge in [0.1, 0.15) is 0 Å². The molecule has 0 amide bonds. The van der Waals surface area contributed by atoms with E-state index in [-0.39, 0.29) is 0 Å². The second kappa shape index (κ2) is 6.76. The fraction of sp³-hybridized carbons (Fsp3) is 1.00. The molecule has 1 saturated heterocycles. The SMILES string of the molecule is CCC1CN(CC2(CNC3CC3)CCCCC2)CCO1. The molecular weight excluding hydrogens is 248 g/mol. The van der Waals surface area contributed by atoms with E-state index in [1.165, 1.54) is 58.0 Å². The topological polar surface area (TPSA) is 24.5 Å². The van der Waals surface area contributed by atoms with Crippen LogP contribution < -0.4 is 5.32 Å². The molecule has 1 N–H and O–H groups in total. The van der Waals surface area contributed by atoms with Gasteiger partial charge in [-0.25, -0.2) is 0 Å². The Morgan fingerprint density at radius 1 is 1.20 bits per heavy atom. The molecule has 0 aromatic rings. The fourth-order valence-corrected chi connectivity index (χ4v) is 3.99. The first-order chi connectivity index (χ1) is 9.80. The third kappa shape index (κ3) is 3.96. The number of hydrogen-bond donors (Lipinski definition) is 1. The molecule has 3 rings (SSSR count). The average Bonchev–Trinajstić information content (AvgIpc) is 3.31. The summed E-state index contributed by atoms with van der Waals surface area (Å²) in [6.45, 7) is 8.03. The monoisotopic (exact) mass is 280 g/mol. The van der Waals surface area contributed by atoms with Crippen LogP contribution in [-0.4, -0.2) is 49.8 Å². The summed E-state index contributed by atoms with van der Waals surface area (Å²) in [7, 11) is 0. The highest BCUT2D eigenvalue weighted by molar-refractivity contribution is 4.92. The van der Waals surface area contributed by atoms with Crippen molar-refractivity contribution in [2.75, 3.05) is 32.8 Å². The van der Waals surface area contributed by atoms with Gasteiger partial charge in [-0.15, -0.1) is 0 Å². The Kier molecular flexibility index (Phi) is 5.00. The summed E-state index contributed by atoms with van der Waals surface area (Å²) in [4.78, 5) is 2.69. The summed E-state index contributed by atoms with van der Waals surface area (Å²) < 4.78 is 5.83. The third-order valence-corrected chi connectivity index (χ3v) is 5.49. The van der Waals surface area contributed by atoms with Gasteiger partial charge in [-0.05, 0) is 37.5 Å². The van der Waals surface area contributed by atoms with Crippen molar-refractivity contribution in [3.05, 3.63) is 0 Å².